The van der Waals surface area contributed by atoms with Crippen molar-refractivity contribution < 1.29 is 18.7 Å². The molecule has 1 atom stereocenters. The molecule has 122 valence electrons. The predicted molar refractivity (Wildman–Crippen MR) is 85.5 cm³/mol. The summed E-state index contributed by atoms with van der Waals surface area (Å²) < 4.78 is 25.2. The first-order chi connectivity index (χ1) is 10.2. The maximum atomic E-state index is 13.7. The lowest BCUT2D eigenvalue weighted by Gasteiger charge is -2.24. The van der Waals surface area contributed by atoms with E-state index in [4.69, 9.17) is 9.47 Å². The van der Waals surface area contributed by atoms with E-state index in [1.165, 1.54) is 6.07 Å². The van der Waals surface area contributed by atoms with E-state index in [1.54, 1.807) is 17.0 Å². The highest BCUT2D eigenvalue weighted by molar-refractivity contribution is 9.10. The van der Waals surface area contributed by atoms with Crippen LogP contribution in [-0.4, -0.2) is 36.3 Å². The van der Waals surface area contributed by atoms with Crippen LogP contribution < -0.4 is 4.74 Å². The molecule has 0 aromatic heterocycles. The predicted octanol–water partition coefficient (Wildman–Crippen LogP) is 4.22. The van der Waals surface area contributed by atoms with Crippen molar-refractivity contribution in [2.24, 2.45) is 5.92 Å². The van der Waals surface area contributed by atoms with Gasteiger partial charge in [0.2, 0.25) is 0 Å². The molecule has 1 saturated heterocycles. The number of carbonyl (C=O) groups excluding carboxylic acids is 1. The highest BCUT2D eigenvalue weighted by atomic mass is 79.9. The number of nitrogens with zero attached hydrogens (tertiary/aromatic N) is 1. The van der Waals surface area contributed by atoms with Gasteiger partial charge in [-0.3, -0.25) is 0 Å². The van der Waals surface area contributed by atoms with Crippen molar-refractivity contribution in [3.63, 3.8) is 0 Å². The van der Waals surface area contributed by atoms with Crippen LogP contribution in [-0.2, 0) is 4.74 Å². The fourth-order valence-electron chi connectivity index (χ4n) is 2.26. The largest absolute Gasteiger partial charge is 0.490 e. The second-order valence-electron chi connectivity index (χ2n) is 6.47. The maximum absolute atomic E-state index is 13.7. The molecule has 0 spiro atoms. The van der Waals surface area contributed by atoms with E-state index in [2.05, 4.69) is 15.9 Å². The topological polar surface area (TPSA) is 38.8 Å². The van der Waals surface area contributed by atoms with Crippen LogP contribution in [0.15, 0.2) is 22.7 Å². The molecule has 1 amide bonds. The van der Waals surface area contributed by atoms with Crippen molar-refractivity contribution >= 4 is 22.0 Å². The number of carbonyl (C=O) groups is 1. The number of rotatable bonds is 3. The molecule has 0 radical (unpaired) electrons. The third-order valence-electron chi connectivity index (χ3n) is 3.31. The average Bonchev–Trinajstić information content (AvgIpc) is 2.84. The summed E-state index contributed by atoms with van der Waals surface area (Å²) in [5, 5.41) is 0. The second kappa shape index (κ2) is 6.86. The van der Waals surface area contributed by atoms with Crippen LogP contribution >= 0.6 is 15.9 Å². The van der Waals surface area contributed by atoms with Crippen molar-refractivity contribution in [3.8, 4) is 5.75 Å². The zero-order valence-electron chi connectivity index (χ0n) is 13.1. The van der Waals surface area contributed by atoms with E-state index in [9.17, 15) is 9.18 Å². The van der Waals surface area contributed by atoms with E-state index < -0.39 is 11.4 Å². The van der Waals surface area contributed by atoms with Crippen LogP contribution in [0, 0.1) is 11.7 Å². The van der Waals surface area contributed by atoms with Crippen LogP contribution in [0.25, 0.3) is 0 Å². The van der Waals surface area contributed by atoms with Gasteiger partial charge in [0.25, 0.3) is 0 Å². The summed E-state index contributed by atoms with van der Waals surface area (Å²) in [4.78, 5) is 13.6. The molecule has 1 fully saturated rings. The van der Waals surface area contributed by atoms with Gasteiger partial charge in [-0.2, -0.15) is 0 Å². The zero-order valence-corrected chi connectivity index (χ0v) is 14.7. The van der Waals surface area contributed by atoms with Crippen LogP contribution in [0.5, 0.6) is 5.75 Å². The summed E-state index contributed by atoms with van der Waals surface area (Å²) in [6.45, 7) is 7.14. The Hall–Kier alpha value is -1.30. The van der Waals surface area contributed by atoms with E-state index in [0.717, 1.165) is 6.42 Å². The lowest BCUT2D eigenvalue weighted by Crippen LogP contribution is -2.35. The van der Waals surface area contributed by atoms with E-state index in [1.807, 2.05) is 20.8 Å². The maximum Gasteiger partial charge on any atom is 0.410 e. The van der Waals surface area contributed by atoms with Crippen molar-refractivity contribution in [2.75, 3.05) is 19.7 Å². The van der Waals surface area contributed by atoms with Crippen molar-refractivity contribution in [1.29, 1.82) is 0 Å². The minimum Gasteiger partial charge on any atom is -0.490 e. The summed E-state index contributed by atoms with van der Waals surface area (Å²) >= 11 is 3.21. The Kier molecular flexibility index (Phi) is 5.32. The van der Waals surface area contributed by atoms with Crippen LogP contribution in [0.1, 0.15) is 27.2 Å². The molecule has 1 aliphatic heterocycles. The number of hydrogen-bond donors (Lipinski definition) is 0. The van der Waals surface area contributed by atoms with Gasteiger partial charge in [0, 0.05) is 23.5 Å². The zero-order chi connectivity index (χ0) is 16.3. The molecular formula is C16H21BrFNO3. The first kappa shape index (κ1) is 17.1. The van der Waals surface area contributed by atoms with Crippen molar-refractivity contribution in [2.45, 2.75) is 32.8 Å². The molecular weight excluding hydrogens is 353 g/mol. The van der Waals surface area contributed by atoms with E-state index >= 15 is 0 Å². The number of ether oxygens (including phenoxy) is 2. The third-order valence-corrected chi connectivity index (χ3v) is 3.80. The molecule has 0 bridgehead atoms. The van der Waals surface area contributed by atoms with Gasteiger partial charge in [-0.25, -0.2) is 9.18 Å². The molecule has 1 heterocycles. The first-order valence-electron chi connectivity index (χ1n) is 7.30. The lowest BCUT2D eigenvalue weighted by atomic mass is 10.1. The van der Waals surface area contributed by atoms with Gasteiger partial charge in [0.1, 0.15) is 5.60 Å². The SMILES string of the molecule is CC(C)(C)OC(=O)N1CC[C@H](COc2ccc(Br)cc2F)C1. The van der Waals surface area contributed by atoms with Crippen LogP contribution in [0.4, 0.5) is 9.18 Å². The average molecular weight is 374 g/mol. The Labute approximate surface area is 138 Å². The fraction of sp³-hybridized carbons (Fsp3) is 0.562. The number of benzene rings is 1. The lowest BCUT2D eigenvalue weighted by molar-refractivity contribution is 0.0284. The Morgan fingerprint density at radius 1 is 1.45 bits per heavy atom. The van der Waals surface area contributed by atoms with Gasteiger partial charge in [-0.05, 0) is 45.4 Å². The molecule has 0 unspecified atom stereocenters. The van der Waals surface area contributed by atoms with Gasteiger partial charge in [-0.15, -0.1) is 0 Å². The van der Waals surface area contributed by atoms with Crippen molar-refractivity contribution in [1.82, 2.24) is 4.90 Å². The standard InChI is InChI=1S/C16H21BrFNO3/c1-16(2,3)22-15(20)19-7-6-11(9-19)10-21-14-5-4-12(17)8-13(14)18/h4-5,8,11H,6-7,9-10H2,1-3H3/t11-/m0/s1. The summed E-state index contributed by atoms with van der Waals surface area (Å²) in [7, 11) is 0. The molecule has 22 heavy (non-hydrogen) atoms. The fourth-order valence-corrected chi connectivity index (χ4v) is 2.59. The normalized spacial score (nSPS) is 18.4. The minimum absolute atomic E-state index is 0.190. The van der Waals surface area contributed by atoms with Crippen molar-refractivity contribution in [3.05, 3.63) is 28.5 Å². The number of amides is 1. The van der Waals surface area contributed by atoms with Gasteiger partial charge in [-0.1, -0.05) is 15.9 Å². The highest BCUT2D eigenvalue weighted by Gasteiger charge is 2.30. The Balaban J connectivity index is 1.82. The third kappa shape index (κ3) is 4.87. The molecule has 6 heteroatoms. The molecule has 2 rings (SSSR count). The number of halogens is 2. The molecule has 0 N–H and O–H groups in total. The highest BCUT2D eigenvalue weighted by Crippen LogP contribution is 2.24. The Morgan fingerprint density at radius 2 is 2.18 bits per heavy atom. The minimum atomic E-state index is -0.494. The molecule has 1 aromatic carbocycles. The monoisotopic (exact) mass is 373 g/mol. The first-order valence-corrected chi connectivity index (χ1v) is 8.09. The molecule has 0 aliphatic carbocycles. The van der Waals surface area contributed by atoms with Crippen LogP contribution in [0.3, 0.4) is 0 Å². The van der Waals surface area contributed by atoms with Gasteiger partial charge in [0.05, 0.1) is 6.61 Å². The van der Waals surface area contributed by atoms with E-state index in [-0.39, 0.29) is 17.8 Å². The number of hydrogen-bond acceptors (Lipinski definition) is 3. The Bertz CT molecular complexity index is 545. The van der Waals surface area contributed by atoms with Gasteiger partial charge >= 0.3 is 6.09 Å². The summed E-state index contributed by atoms with van der Waals surface area (Å²) in [5.74, 6) is 0.0332. The molecule has 1 aliphatic rings. The molecule has 4 nitrogen and oxygen atoms in total. The van der Waals surface area contributed by atoms with E-state index in [0.29, 0.717) is 24.2 Å². The van der Waals surface area contributed by atoms with Gasteiger partial charge in [0.15, 0.2) is 11.6 Å². The van der Waals surface area contributed by atoms with Crippen LogP contribution in [0.2, 0.25) is 0 Å². The summed E-state index contributed by atoms with van der Waals surface area (Å²) in [6, 6.07) is 4.71. The Morgan fingerprint density at radius 3 is 2.82 bits per heavy atom. The molecule has 0 saturated carbocycles. The quantitative estimate of drug-likeness (QED) is 0.795. The summed E-state index contributed by atoms with van der Waals surface area (Å²) in [5.41, 5.74) is -0.494. The molecule has 1 aromatic rings. The smallest absolute Gasteiger partial charge is 0.410 e. The number of likely N-dealkylation sites (tertiary alicyclic amines) is 1. The van der Waals surface area contributed by atoms with Gasteiger partial charge < -0.3 is 14.4 Å². The second-order valence-corrected chi connectivity index (χ2v) is 7.38. The summed E-state index contributed by atoms with van der Waals surface area (Å²) in [6.07, 6.45) is 0.530.